The second kappa shape index (κ2) is 9.19. The summed E-state index contributed by atoms with van der Waals surface area (Å²) in [5.41, 5.74) is 1.18. The van der Waals surface area contributed by atoms with Gasteiger partial charge >= 0.3 is 0 Å². The van der Waals surface area contributed by atoms with Gasteiger partial charge in [0.15, 0.2) is 0 Å². The van der Waals surface area contributed by atoms with E-state index in [2.05, 4.69) is 17.1 Å². The Balaban J connectivity index is 1.41. The highest BCUT2D eigenvalue weighted by molar-refractivity contribution is 5.32. The van der Waals surface area contributed by atoms with Crippen molar-refractivity contribution in [2.45, 2.75) is 24.9 Å². The molecular weight excluding hydrogens is 384 g/mol. The summed E-state index contributed by atoms with van der Waals surface area (Å²) in [5.74, 6) is 1.42. The molecule has 0 spiro atoms. The van der Waals surface area contributed by atoms with Crippen LogP contribution >= 0.6 is 0 Å². The number of benzene rings is 2. The lowest BCUT2D eigenvalue weighted by atomic mass is 10.1. The topological polar surface area (TPSA) is 64.0 Å². The van der Waals surface area contributed by atoms with Crippen LogP contribution in [0.5, 0.6) is 17.2 Å². The van der Waals surface area contributed by atoms with Crippen molar-refractivity contribution < 1.29 is 23.7 Å². The van der Waals surface area contributed by atoms with Crippen LogP contribution < -0.4 is 14.2 Å². The Morgan fingerprint density at radius 2 is 1.87 bits per heavy atom. The van der Waals surface area contributed by atoms with Crippen molar-refractivity contribution in [3.05, 3.63) is 72.8 Å². The Morgan fingerprint density at radius 1 is 1.07 bits per heavy atom. The van der Waals surface area contributed by atoms with Gasteiger partial charge in [0.1, 0.15) is 30.0 Å². The van der Waals surface area contributed by atoms with E-state index in [0.717, 1.165) is 23.7 Å². The summed E-state index contributed by atoms with van der Waals surface area (Å²) in [5, 5.41) is 0. The summed E-state index contributed by atoms with van der Waals surface area (Å²) in [4.78, 5) is 4.17. The van der Waals surface area contributed by atoms with Gasteiger partial charge in [0, 0.05) is 24.9 Å². The minimum Gasteiger partial charge on any atom is -0.497 e. The standard InChI is InChI=1S/C23H26N2O5/c1-26-19-8-6-18(7-9-19)10-11-23(25-13-12-24-17-25)29-16-22(30-23)15-28-21-5-3-4-20(14-21)27-2/h3-9,12-14,17,22H,10-11,15-16H2,1-2H3. The molecule has 2 unspecified atom stereocenters. The number of rotatable bonds is 9. The van der Waals surface area contributed by atoms with Crippen molar-refractivity contribution in [1.82, 2.24) is 9.55 Å². The molecule has 1 aliphatic rings. The van der Waals surface area contributed by atoms with Crippen LogP contribution in [0, 0.1) is 0 Å². The van der Waals surface area contributed by atoms with Crippen LogP contribution in [0.1, 0.15) is 12.0 Å². The number of aromatic nitrogens is 2. The number of nitrogens with zero attached hydrogens (tertiary/aromatic N) is 2. The Bertz CT molecular complexity index is 929. The molecule has 4 rings (SSSR count). The maximum atomic E-state index is 6.36. The molecule has 158 valence electrons. The van der Waals surface area contributed by atoms with Gasteiger partial charge in [0.05, 0.1) is 27.2 Å². The van der Waals surface area contributed by atoms with E-state index in [0.29, 0.717) is 19.6 Å². The second-order valence-corrected chi connectivity index (χ2v) is 7.07. The SMILES string of the molecule is COc1ccc(CCC2(n3ccnc3)OCC(COc3cccc(OC)c3)O2)cc1. The summed E-state index contributed by atoms with van der Waals surface area (Å²) in [6, 6.07) is 15.5. The molecule has 1 fully saturated rings. The normalized spacial score (nSPS) is 20.8. The predicted molar refractivity (Wildman–Crippen MR) is 111 cm³/mol. The third-order valence-corrected chi connectivity index (χ3v) is 5.11. The molecule has 2 atom stereocenters. The highest BCUT2D eigenvalue weighted by atomic mass is 16.8. The van der Waals surface area contributed by atoms with E-state index < -0.39 is 5.91 Å². The van der Waals surface area contributed by atoms with Gasteiger partial charge in [-0.15, -0.1) is 0 Å². The first-order valence-electron chi connectivity index (χ1n) is 9.91. The number of aryl methyl sites for hydroxylation is 1. The molecule has 1 aliphatic heterocycles. The lowest BCUT2D eigenvalue weighted by molar-refractivity contribution is -0.238. The van der Waals surface area contributed by atoms with Crippen LogP contribution in [-0.2, 0) is 21.8 Å². The fourth-order valence-corrected chi connectivity index (χ4v) is 3.46. The fourth-order valence-electron chi connectivity index (χ4n) is 3.46. The third-order valence-electron chi connectivity index (χ3n) is 5.11. The average Bonchev–Trinajstić information content (AvgIpc) is 3.48. The second-order valence-electron chi connectivity index (χ2n) is 7.07. The van der Waals surface area contributed by atoms with E-state index in [9.17, 15) is 0 Å². The van der Waals surface area contributed by atoms with Crippen LogP contribution in [-0.4, -0.2) is 43.1 Å². The molecule has 1 aromatic heterocycles. The largest absolute Gasteiger partial charge is 0.497 e. The van der Waals surface area contributed by atoms with E-state index >= 15 is 0 Å². The molecule has 0 bridgehead atoms. The smallest absolute Gasteiger partial charge is 0.257 e. The molecule has 0 aliphatic carbocycles. The zero-order valence-corrected chi connectivity index (χ0v) is 17.2. The van der Waals surface area contributed by atoms with Gasteiger partial charge in [-0.05, 0) is 36.2 Å². The van der Waals surface area contributed by atoms with Crippen molar-refractivity contribution >= 4 is 0 Å². The molecule has 7 heteroatoms. The first-order valence-corrected chi connectivity index (χ1v) is 9.91. The summed E-state index contributed by atoms with van der Waals surface area (Å²) in [6.07, 6.45) is 6.53. The highest BCUT2D eigenvalue weighted by Gasteiger charge is 2.43. The lowest BCUT2D eigenvalue weighted by Gasteiger charge is -2.29. The van der Waals surface area contributed by atoms with Gasteiger partial charge < -0.3 is 23.7 Å². The number of imidazole rings is 1. The Kier molecular flexibility index (Phi) is 6.21. The van der Waals surface area contributed by atoms with Gasteiger partial charge in [-0.1, -0.05) is 18.2 Å². The number of methoxy groups -OCH3 is 2. The molecule has 3 aromatic rings. The van der Waals surface area contributed by atoms with Gasteiger partial charge in [-0.25, -0.2) is 4.98 Å². The number of hydrogen-bond donors (Lipinski definition) is 0. The quantitative estimate of drug-likeness (QED) is 0.537. The van der Waals surface area contributed by atoms with E-state index in [1.807, 2.05) is 47.2 Å². The number of hydrogen-bond acceptors (Lipinski definition) is 6. The molecule has 30 heavy (non-hydrogen) atoms. The van der Waals surface area contributed by atoms with E-state index in [-0.39, 0.29) is 6.10 Å². The number of ether oxygens (including phenoxy) is 5. The fraction of sp³-hybridized carbons (Fsp3) is 0.348. The van der Waals surface area contributed by atoms with Crippen molar-refractivity contribution in [2.75, 3.05) is 27.4 Å². The zero-order chi connectivity index (χ0) is 20.8. The van der Waals surface area contributed by atoms with Crippen LogP contribution in [0.2, 0.25) is 0 Å². The van der Waals surface area contributed by atoms with Crippen LogP contribution in [0.25, 0.3) is 0 Å². The summed E-state index contributed by atoms with van der Waals surface area (Å²) >= 11 is 0. The summed E-state index contributed by atoms with van der Waals surface area (Å²) in [7, 11) is 3.30. The predicted octanol–water partition coefficient (Wildman–Crippen LogP) is 3.64. The first kappa shape index (κ1) is 20.3. The Labute approximate surface area is 176 Å². The zero-order valence-electron chi connectivity index (χ0n) is 17.2. The Morgan fingerprint density at radius 3 is 2.60 bits per heavy atom. The van der Waals surface area contributed by atoms with Crippen LogP contribution in [0.3, 0.4) is 0 Å². The molecule has 0 saturated carbocycles. The van der Waals surface area contributed by atoms with Crippen molar-refractivity contribution in [2.24, 2.45) is 0 Å². The monoisotopic (exact) mass is 410 g/mol. The molecular formula is C23H26N2O5. The third kappa shape index (κ3) is 4.58. The lowest BCUT2D eigenvalue weighted by Crippen LogP contribution is -2.36. The minimum absolute atomic E-state index is 0.200. The van der Waals surface area contributed by atoms with E-state index in [4.69, 9.17) is 23.7 Å². The van der Waals surface area contributed by atoms with Crippen LogP contribution in [0.15, 0.2) is 67.3 Å². The van der Waals surface area contributed by atoms with Gasteiger partial charge in [0.25, 0.3) is 5.91 Å². The first-order chi connectivity index (χ1) is 14.7. The molecule has 0 N–H and O–H groups in total. The minimum atomic E-state index is -0.904. The highest BCUT2D eigenvalue weighted by Crippen LogP contribution is 2.34. The van der Waals surface area contributed by atoms with Crippen molar-refractivity contribution in [3.8, 4) is 17.2 Å². The molecule has 1 saturated heterocycles. The molecule has 2 aromatic carbocycles. The van der Waals surface area contributed by atoms with Crippen molar-refractivity contribution in [3.63, 3.8) is 0 Å². The summed E-state index contributed by atoms with van der Waals surface area (Å²) in [6.45, 7) is 0.816. The maximum Gasteiger partial charge on any atom is 0.257 e. The summed E-state index contributed by atoms with van der Waals surface area (Å²) < 4.78 is 30.8. The van der Waals surface area contributed by atoms with E-state index in [1.165, 1.54) is 5.56 Å². The molecule has 0 amide bonds. The molecule has 2 heterocycles. The van der Waals surface area contributed by atoms with Crippen LogP contribution in [0.4, 0.5) is 0 Å². The molecule has 0 radical (unpaired) electrons. The van der Waals surface area contributed by atoms with Gasteiger partial charge in [0.2, 0.25) is 0 Å². The molecule has 7 nitrogen and oxygen atoms in total. The van der Waals surface area contributed by atoms with Crippen molar-refractivity contribution in [1.29, 1.82) is 0 Å². The van der Waals surface area contributed by atoms with Gasteiger partial charge in [-0.3, -0.25) is 4.57 Å². The maximum absolute atomic E-state index is 6.36. The van der Waals surface area contributed by atoms with Gasteiger partial charge in [-0.2, -0.15) is 0 Å². The van der Waals surface area contributed by atoms with E-state index in [1.54, 1.807) is 26.7 Å². The Hall–Kier alpha value is -3.03. The average molecular weight is 410 g/mol.